The monoisotopic (exact) mass is 450 g/mol. The minimum Gasteiger partial charge on any atom is -0.495 e. The zero-order valence-electron chi connectivity index (χ0n) is 16.2. The number of anilines is 1. The third-order valence-electron chi connectivity index (χ3n) is 4.82. The predicted octanol–water partition coefficient (Wildman–Crippen LogP) is 6.14. The molecule has 0 bridgehead atoms. The fourth-order valence-electron chi connectivity index (χ4n) is 3.08. The normalized spacial score (nSPS) is 10.9. The summed E-state index contributed by atoms with van der Waals surface area (Å²) in [7, 11) is 1.56. The molecule has 0 aliphatic rings. The molecule has 0 aliphatic carbocycles. The number of nitrogens with zero attached hydrogens (tertiary/aromatic N) is 1. The van der Waals surface area contributed by atoms with Gasteiger partial charge in [0.1, 0.15) is 11.3 Å². The smallest absolute Gasteiger partial charge is 0.256 e. The van der Waals surface area contributed by atoms with Gasteiger partial charge in [-0.05, 0) is 83.4 Å². The topological polar surface area (TPSA) is 64.4 Å². The predicted molar refractivity (Wildman–Crippen MR) is 118 cm³/mol. The summed E-state index contributed by atoms with van der Waals surface area (Å²) in [5, 5.41) is 2.92. The van der Waals surface area contributed by atoms with Gasteiger partial charge in [0.15, 0.2) is 5.58 Å². The van der Waals surface area contributed by atoms with Crippen molar-refractivity contribution in [3.8, 4) is 17.2 Å². The molecule has 29 heavy (non-hydrogen) atoms. The Kier molecular flexibility index (Phi) is 5.11. The first-order valence-electron chi connectivity index (χ1n) is 9.08. The molecule has 3 aromatic carbocycles. The molecule has 1 heterocycles. The molecule has 0 aliphatic heterocycles. The van der Waals surface area contributed by atoms with E-state index in [1.165, 1.54) is 0 Å². The summed E-state index contributed by atoms with van der Waals surface area (Å²) in [5.41, 5.74) is 5.67. The maximum absolute atomic E-state index is 12.7. The van der Waals surface area contributed by atoms with Crippen LogP contribution in [0.5, 0.6) is 5.75 Å². The van der Waals surface area contributed by atoms with Gasteiger partial charge in [-0.2, -0.15) is 0 Å². The number of oxazole rings is 1. The third-order valence-corrected chi connectivity index (χ3v) is 5.51. The van der Waals surface area contributed by atoms with Crippen LogP contribution in [0.4, 0.5) is 5.69 Å². The van der Waals surface area contributed by atoms with E-state index < -0.39 is 0 Å². The molecule has 1 amide bonds. The average Bonchev–Trinajstić information content (AvgIpc) is 3.11. The Labute approximate surface area is 176 Å². The first-order valence-corrected chi connectivity index (χ1v) is 9.87. The van der Waals surface area contributed by atoms with Crippen LogP contribution < -0.4 is 10.1 Å². The van der Waals surface area contributed by atoms with E-state index >= 15 is 0 Å². The molecule has 146 valence electrons. The van der Waals surface area contributed by atoms with Crippen molar-refractivity contribution >= 4 is 38.6 Å². The molecule has 0 saturated heterocycles. The number of aromatic nitrogens is 1. The summed E-state index contributed by atoms with van der Waals surface area (Å²) in [5.74, 6) is 0.803. The van der Waals surface area contributed by atoms with Crippen LogP contribution in [0, 0.1) is 13.8 Å². The van der Waals surface area contributed by atoms with Crippen LogP contribution in [-0.4, -0.2) is 18.0 Å². The van der Waals surface area contributed by atoms with Crippen LogP contribution in [0.25, 0.3) is 22.6 Å². The Morgan fingerprint density at radius 1 is 1.07 bits per heavy atom. The first-order chi connectivity index (χ1) is 14.0. The number of hydrogen-bond acceptors (Lipinski definition) is 4. The number of benzene rings is 3. The summed E-state index contributed by atoms with van der Waals surface area (Å²) in [6, 6.07) is 16.7. The van der Waals surface area contributed by atoms with Crippen LogP contribution in [-0.2, 0) is 0 Å². The maximum atomic E-state index is 12.7. The van der Waals surface area contributed by atoms with E-state index in [4.69, 9.17) is 9.15 Å². The molecular formula is C23H19BrN2O3. The molecule has 1 aromatic heterocycles. The van der Waals surface area contributed by atoms with Gasteiger partial charge in [-0.25, -0.2) is 4.98 Å². The molecule has 0 atom stereocenters. The molecular weight excluding hydrogens is 432 g/mol. The largest absolute Gasteiger partial charge is 0.495 e. The quantitative estimate of drug-likeness (QED) is 0.405. The lowest BCUT2D eigenvalue weighted by Gasteiger charge is -2.12. The van der Waals surface area contributed by atoms with Gasteiger partial charge in [0.25, 0.3) is 5.91 Å². The number of aryl methyl sites for hydroxylation is 2. The van der Waals surface area contributed by atoms with Crippen molar-refractivity contribution in [2.75, 3.05) is 12.4 Å². The lowest BCUT2D eigenvalue weighted by atomic mass is 10.1. The third kappa shape index (κ3) is 3.76. The molecule has 1 N–H and O–H groups in total. The van der Waals surface area contributed by atoms with Crippen LogP contribution >= 0.6 is 15.9 Å². The maximum Gasteiger partial charge on any atom is 0.256 e. The highest BCUT2D eigenvalue weighted by atomic mass is 79.9. The van der Waals surface area contributed by atoms with Crippen molar-refractivity contribution < 1.29 is 13.9 Å². The average molecular weight is 451 g/mol. The van der Waals surface area contributed by atoms with Gasteiger partial charge in [0, 0.05) is 10.0 Å². The Hall–Kier alpha value is -3.12. The van der Waals surface area contributed by atoms with Gasteiger partial charge < -0.3 is 14.5 Å². The van der Waals surface area contributed by atoms with Gasteiger partial charge in [0.05, 0.1) is 18.4 Å². The minimum atomic E-state index is -0.239. The molecule has 0 unspecified atom stereocenters. The number of ether oxygens (including phenoxy) is 1. The van der Waals surface area contributed by atoms with Gasteiger partial charge in [-0.3, -0.25) is 4.79 Å². The van der Waals surface area contributed by atoms with Gasteiger partial charge in [-0.15, -0.1) is 0 Å². The number of rotatable bonds is 4. The Bertz CT molecular complexity index is 1190. The van der Waals surface area contributed by atoms with Gasteiger partial charge in [-0.1, -0.05) is 12.1 Å². The van der Waals surface area contributed by atoms with Crippen molar-refractivity contribution in [2.45, 2.75) is 13.8 Å². The molecule has 0 fully saturated rings. The van der Waals surface area contributed by atoms with E-state index in [9.17, 15) is 4.79 Å². The molecule has 5 nitrogen and oxygen atoms in total. The Morgan fingerprint density at radius 2 is 1.83 bits per heavy atom. The fourth-order valence-corrected chi connectivity index (χ4v) is 3.54. The Balaban J connectivity index is 1.72. The summed E-state index contributed by atoms with van der Waals surface area (Å²) in [6.45, 7) is 4.09. The molecule has 4 aromatic rings. The fraction of sp³-hybridized carbons (Fsp3) is 0.130. The number of hydrogen-bond donors (Lipinski definition) is 1. The second-order valence-electron chi connectivity index (χ2n) is 6.77. The number of fused-ring (bicyclic) bond motifs is 1. The molecule has 0 saturated carbocycles. The first kappa shape index (κ1) is 19.2. The number of methoxy groups -OCH3 is 1. The zero-order chi connectivity index (χ0) is 20.5. The van der Waals surface area contributed by atoms with E-state index in [-0.39, 0.29) is 5.91 Å². The number of amides is 1. The Morgan fingerprint density at radius 3 is 2.59 bits per heavy atom. The summed E-state index contributed by atoms with van der Waals surface area (Å²) in [4.78, 5) is 17.3. The van der Waals surface area contributed by atoms with Crippen LogP contribution in [0.2, 0.25) is 0 Å². The SMILES string of the molecule is COc1ccc(-c2nc3cc(C)c(C)cc3o2)cc1NC(=O)c1ccccc1Br. The van der Waals surface area contributed by atoms with Crippen molar-refractivity contribution in [1.29, 1.82) is 0 Å². The van der Waals surface area contributed by atoms with E-state index in [0.29, 0.717) is 22.9 Å². The lowest BCUT2D eigenvalue weighted by Crippen LogP contribution is -2.13. The molecule has 4 rings (SSSR count). The highest BCUT2D eigenvalue weighted by Gasteiger charge is 2.16. The van der Waals surface area contributed by atoms with Gasteiger partial charge in [0.2, 0.25) is 5.89 Å². The molecule has 0 spiro atoms. The number of carbonyl (C=O) groups is 1. The highest BCUT2D eigenvalue weighted by Crippen LogP contribution is 2.33. The molecule has 0 radical (unpaired) electrons. The van der Waals surface area contributed by atoms with Crippen molar-refractivity contribution in [1.82, 2.24) is 4.98 Å². The summed E-state index contributed by atoms with van der Waals surface area (Å²) < 4.78 is 12.1. The second-order valence-corrected chi connectivity index (χ2v) is 7.63. The lowest BCUT2D eigenvalue weighted by molar-refractivity contribution is 0.102. The number of nitrogens with one attached hydrogen (secondary N) is 1. The van der Waals surface area contributed by atoms with Crippen molar-refractivity contribution in [3.05, 3.63) is 75.8 Å². The summed E-state index contributed by atoms with van der Waals surface area (Å²) in [6.07, 6.45) is 0. The van der Waals surface area contributed by atoms with Crippen LogP contribution in [0.3, 0.4) is 0 Å². The van der Waals surface area contributed by atoms with Gasteiger partial charge >= 0.3 is 0 Å². The highest BCUT2D eigenvalue weighted by molar-refractivity contribution is 9.10. The number of halogens is 1. The minimum absolute atomic E-state index is 0.239. The number of carbonyl (C=O) groups excluding carboxylic acids is 1. The van der Waals surface area contributed by atoms with Crippen molar-refractivity contribution in [3.63, 3.8) is 0 Å². The van der Waals surface area contributed by atoms with E-state index in [1.807, 2.05) is 50.2 Å². The summed E-state index contributed by atoms with van der Waals surface area (Å²) >= 11 is 3.41. The van der Waals surface area contributed by atoms with E-state index in [2.05, 4.69) is 26.2 Å². The van der Waals surface area contributed by atoms with Crippen LogP contribution in [0.15, 0.2) is 63.5 Å². The molecule has 6 heteroatoms. The van der Waals surface area contributed by atoms with E-state index in [0.717, 1.165) is 32.3 Å². The van der Waals surface area contributed by atoms with Crippen LogP contribution in [0.1, 0.15) is 21.5 Å². The van der Waals surface area contributed by atoms with E-state index in [1.54, 1.807) is 25.3 Å². The second kappa shape index (κ2) is 7.72. The zero-order valence-corrected chi connectivity index (χ0v) is 17.8. The van der Waals surface area contributed by atoms with Crippen molar-refractivity contribution in [2.24, 2.45) is 0 Å². The standard InChI is InChI=1S/C23H19BrN2O3/c1-13-10-18-21(11-14(13)2)29-23(26-18)15-8-9-20(28-3)19(12-15)25-22(27)16-6-4-5-7-17(16)24/h4-12H,1-3H3,(H,25,27).